The molecule has 0 bridgehead atoms. The zero-order valence-electron chi connectivity index (χ0n) is 17.8. The predicted octanol–water partition coefficient (Wildman–Crippen LogP) is 5.27. The number of aromatic nitrogens is 4. The molecule has 0 spiro atoms. The van der Waals surface area contributed by atoms with E-state index in [0.717, 1.165) is 33.2 Å². The lowest BCUT2D eigenvalue weighted by atomic mass is 10.1. The largest absolute Gasteiger partial charge is 0.329 e. The van der Waals surface area contributed by atoms with E-state index in [1.54, 1.807) is 6.07 Å². The van der Waals surface area contributed by atoms with Crippen molar-refractivity contribution in [2.75, 3.05) is 11.9 Å². The van der Waals surface area contributed by atoms with E-state index in [9.17, 15) is 4.39 Å². The molecule has 2 heterocycles. The first-order chi connectivity index (χ1) is 15.5. The van der Waals surface area contributed by atoms with E-state index in [4.69, 9.17) is 10.2 Å². The van der Waals surface area contributed by atoms with Gasteiger partial charge in [0.2, 0.25) is 0 Å². The van der Waals surface area contributed by atoms with E-state index in [1.165, 1.54) is 12.1 Å². The fraction of sp³-hybridized carbons (Fsp3) is 0.120. The van der Waals surface area contributed by atoms with Crippen molar-refractivity contribution >= 4 is 33.3 Å². The first-order valence-electron chi connectivity index (χ1n) is 10.1. The molecular weight excluding hydrogens is 403 g/mol. The molecule has 0 N–H and O–H groups in total. The first kappa shape index (κ1) is 19.6. The fourth-order valence-electron chi connectivity index (χ4n) is 3.84. The van der Waals surface area contributed by atoms with Crippen LogP contribution < -0.4 is 4.90 Å². The fourth-order valence-corrected chi connectivity index (χ4v) is 3.84. The Morgan fingerprint density at radius 2 is 1.78 bits per heavy atom. The SMILES string of the molecule is Cc1c2ccc(N(C)c3nc(-c4ccc(C#N)c(F)c4)nc4ccccc34)cc2nn1C. The summed E-state index contributed by atoms with van der Waals surface area (Å²) >= 11 is 0. The van der Waals surface area contributed by atoms with E-state index in [1.807, 2.05) is 73.1 Å². The minimum atomic E-state index is -0.590. The number of nitriles is 1. The Hall–Kier alpha value is -4.31. The quantitative estimate of drug-likeness (QED) is 0.396. The van der Waals surface area contributed by atoms with Crippen LogP contribution in [0.4, 0.5) is 15.9 Å². The zero-order valence-corrected chi connectivity index (χ0v) is 17.8. The van der Waals surface area contributed by atoms with Crippen LogP contribution >= 0.6 is 0 Å². The normalized spacial score (nSPS) is 11.1. The summed E-state index contributed by atoms with van der Waals surface area (Å²) in [6, 6.07) is 20.1. The van der Waals surface area contributed by atoms with Gasteiger partial charge in [-0.2, -0.15) is 10.4 Å². The molecule has 0 saturated heterocycles. The maximum atomic E-state index is 14.3. The van der Waals surface area contributed by atoms with Crippen molar-refractivity contribution in [3.05, 3.63) is 77.7 Å². The molecule has 0 unspecified atom stereocenters. The molecular formula is C25H19FN6. The minimum Gasteiger partial charge on any atom is -0.329 e. The highest BCUT2D eigenvalue weighted by molar-refractivity contribution is 5.94. The Balaban J connectivity index is 1.67. The zero-order chi connectivity index (χ0) is 22.4. The molecule has 32 heavy (non-hydrogen) atoms. The molecule has 5 aromatic rings. The van der Waals surface area contributed by atoms with Crippen LogP contribution in [0.5, 0.6) is 0 Å². The number of aryl methyl sites for hydroxylation is 2. The lowest BCUT2D eigenvalue weighted by molar-refractivity contribution is 0.624. The van der Waals surface area contributed by atoms with Crippen molar-refractivity contribution in [1.82, 2.24) is 19.7 Å². The third-order valence-corrected chi connectivity index (χ3v) is 5.75. The molecule has 6 nitrogen and oxygen atoms in total. The second kappa shape index (κ2) is 7.43. The summed E-state index contributed by atoms with van der Waals surface area (Å²) in [5, 5.41) is 15.6. The third-order valence-electron chi connectivity index (χ3n) is 5.75. The Bertz CT molecular complexity index is 1550. The van der Waals surface area contributed by atoms with Gasteiger partial charge < -0.3 is 4.90 Å². The number of benzene rings is 3. The minimum absolute atomic E-state index is 0.00848. The van der Waals surface area contributed by atoms with Crippen LogP contribution in [0.15, 0.2) is 60.7 Å². The van der Waals surface area contributed by atoms with Crippen LogP contribution in [0.1, 0.15) is 11.3 Å². The smallest absolute Gasteiger partial charge is 0.162 e. The summed E-state index contributed by atoms with van der Waals surface area (Å²) in [5.41, 5.74) is 4.19. The third kappa shape index (κ3) is 3.13. The molecule has 0 aliphatic heterocycles. The second-order valence-corrected chi connectivity index (χ2v) is 7.66. The monoisotopic (exact) mass is 422 g/mol. The predicted molar refractivity (Wildman–Crippen MR) is 123 cm³/mol. The Labute approximate surface area is 184 Å². The van der Waals surface area contributed by atoms with Gasteiger partial charge in [-0.05, 0) is 55.5 Å². The van der Waals surface area contributed by atoms with E-state index < -0.39 is 5.82 Å². The van der Waals surface area contributed by atoms with Gasteiger partial charge in [-0.25, -0.2) is 14.4 Å². The highest BCUT2D eigenvalue weighted by Gasteiger charge is 2.16. The maximum absolute atomic E-state index is 14.3. The molecule has 156 valence electrons. The van der Waals surface area contributed by atoms with Gasteiger partial charge in [0, 0.05) is 41.8 Å². The molecule has 0 saturated carbocycles. The standard InChI is InChI=1S/C25H19FN6/c1-15-19-11-10-18(13-23(19)30-32(15)3)31(2)25-20-6-4-5-7-22(20)28-24(29-25)16-8-9-17(14-27)21(26)12-16/h4-13H,1-3H3. The molecule has 0 radical (unpaired) electrons. The number of nitrogens with zero attached hydrogens (tertiary/aromatic N) is 6. The van der Waals surface area contributed by atoms with Crippen LogP contribution in [0.25, 0.3) is 33.2 Å². The van der Waals surface area contributed by atoms with Crippen molar-refractivity contribution < 1.29 is 4.39 Å². The molecule has 5 rings (SSSR count). The van der Waals surface area contributed by atoms with Crippen LogP contribution in [-0.4, -0.2) is 26.8 Å². The molecule has 0 aliphatic rings. The summed E-state index contributed by atoms with van der Waals surface area (Å²) < 4.78 is 16.1. The number of halogens is 1. The lowest BCUT2D eigenvalue weighted by Gasteiger charge is -2.21. The number of hydrogen-bond donors (Lipinski definition) is 0. The Morgan fingerprint density at radius 3 is 2.56 bits per heavy atom. The van der Waals surface area contributed by atoms with Gasteiger partial charge in [0.05, 0.1) is 16.6 Å². The summed E-state index contributed by atoms with van der Waals surface area (Å²) in [4.78, 5) is 11.4. The molecule has 0 atom stereocenters. The van der Waals surface area contributed by atoms with Crippen LogP contribution in [0.2, 0.25) is 0 Å². The Morgan fingerprint density at radius 1 is 0.969 bits per heavy atom. The van der Waals surface area contributed by atoms with Gasteiger partial charge in [0.25, 0.3) is 0 Å². The van der Waals surface area contributed by atoms with Gasteiger partial charge in [-0.1, -0.05) is 12.1 Å². The van der Waals surface area contributed by atoms with E-state index >= 15 is 0 Å². The van der Waals surface area contributed by atoms with Gasteiger partial charge >= 0.3 is 0 Å². The van der Waals surface area contributed by atoms with Crippen LogP contribution in [-0.2, 0) is 7.05 Å². The number of rotatable bonds is 3. The van der Waals surface area contributed by atoms with E-state index in [-0.39, 0.29) is 5.56 Å². The molecule has 0 aliphatic carbocycles. The summed E-state index contributed by atoms with van der Waals surface area (Å²) in [6.07, 6.45) is 0. The molecule has 7 heteroatoms. The van der Waals surface area contributed by atoms with Crippen molar-refractivity contribution in [1.29, 1.82) is 5.26 Å². The highest BCUT2D eigenvalue weighted by atomic mass is 19.1. The van der Waals surface area contributed by atoms with Crippen molar-refractivity contribution in [2.45, 2.75) is 6.92 Å². The van der Waals surface area contributed by atoms with Gasteiger partial charge in [-0.15, -0.1) is 0 Å². The van der Waals surface area contributed by atoms with E-state index in [0.29, 0.717) is 17.2 Å². The number of hydrogen-bond acceptors (Lipinski definition) is 5. The van der Waals surface area contributed by atoms with Crippen LogP contribution in [0, 0.1) is 24.1 Å². The second-order valence-electron chi connectivity index (χ2n) is 7.66. The lowest BCUT2D eigenvalue weighted by Crippen LogP contribution is -2.13. The summed E-state index contributed by atoms with van der Waals surface area (Å²) in [5.74, 6) is 0.499. The van der Waals surface area contributed by atoms with Crippen molar-refractivity contribution in [3.8, 4) is 17.5 Å². The van der Waals surface area contributed by atoms with Crippen molar-refractivity contribution in [2.24, 2.45) is 7.05 Å². The first-order valence-corrected chi connectivity index (χ1v) is 10.1. The number of fused-ring (bicyclic) bond motifs is 2. The van der Waals surface area contributed by atoms with Crippen molar-refractivity contribution in [3.63, 3.8) is 0 Å². The average molecular weight is 422 g/mol. The maximum Gasteiger partial charge on any atom is 0.162 e. The highest BCUT2D eigenvalue weighted by Crippen LogP contribution is 2.33. The topological polar surface area (TPSA) is 70.6 Å². The van der Waals surface area contributed by atoms with E-state index in [2.05, 4.69) is 16.1 Å². The Kier molecular flexibility index (Phi) is 4.56. The number of anilines is 2. The molecule has 0 fully saturated rings. The number of para-hydroxylation sites is 1. The van der Waals surface area contributed by atoms with Gasteiger partial charge in [0.1, 0.15) is 17.7 Å². The molecule has 3 aromatic carbocycles. The van der Waals surface area contributed by atoms with Crippen LogP contribution in [0.3, 0.4) is 0 Å². The average Bonchev–Trinajstić information content (AvgIpc) is 3.10. The molecule has 0 amide bonds. The van der Waals surface area contributed by atoms with Gasteiger partial charge in [0.15, 0.2) is 5.82 Å². The molecule has 2 aromatic heterocycles. The van der Waals surface area contributed by atoms with Gasteiger partial charge in [-0.3, -0.25) is 4.68 Å². The summed E-state index contributed by atoms with van der Waals surface area (Å²) in [6.45, 7) is 2.04. The summed E-state index contributed by atoms with van der Waals surface area (Å²) in [7, 11) is 3.87.